The summed E-state index contributed by atoms with van der Waals surface area (Å²) in [6, 6.07) is 9.52. The summed E-state index contributed by atoms with van der Waals surface area (Å²) in [5.74, 6) is 0.463. The Labute approximate surface area is 110 Å². The Morgan fingerprint density at radius 1 is 1.12 bits per heavy atom. The number of benzene rings is 1. The molecular formula is C14H16BrNO. The molecule has 17 heavy (non-hydrogen) atoms. The molecule has 2 saturated heterocycles. The Hall–Kier alpha value is -0.670. The number of Topliss-reactive ketones (excluding diaryl/α,β-unsaturated/α-hetero) is 1. The third-order valence-electron chi connectivity index (χ3n) is 3.98. The molecule has 2 fully saturated rings. The van der Waals surface area contributed by atoms with E-state index >= 15 is 0 Å². The third-order valence-corrected chi connectivity index (χ3v) is 4.50. The zero-order chi connectivity index (χ0) is 11.8. The highest BCUT2D eigenvalue weighted by Gasteiger charge is 2.39. The molecule has 0 saturated carbocycles. The highest BCUT2D eigenvalue weighted by molar-refractivity contribution is 9.10. The number of carbonyl (C=O) groups is 1. The summed E-state index contributed by atoms with van der Waals surface area (Å²) in [7, 11) is 0. The van der Waals surface area contributed by atoms with Crippen molar-refractivity contribution < 1.29 is 4.79 Å². The largest absolute Gasteiger partial charge is 0.300 e. The molecular weight excluding hydrogens is 278 g/mol. The molecule has 0 N–H and O–H groups in total. The number of hydrogen-bond acceptors (Lipinski definition) is 2. The molecule has 0 radical (unpaired) electrons. The predicted octanol–water partition coefficient (Wildman–Crippen LogP) is 3.15. The lowest BCUT2D eigenvalue weighted by molar-refractivity contribution is -0.123. The molecule has 0 amide bonds. The first-order chi connectivity index (χ1) is 8.22. The highest BCUT2D eigenvalue weighted by atomic mass is 79.9. The number of nitrogens with zero attached hydrogens (tertiary/aromatic N) is 1. The van der Waals surface area contributed by atoms with Crippen molar-refractivity contribution in [3.8, 4) is 0 Å². The number of carbonyl (C=O) groups excluding carboxylic acids is 1. The van der Waals surface area contributed by atoms with Crippen LogP contribution in [0.25, 0.3) is 0 Å². The van der Waals surface area contributed by atoms with E-state index in [0.29, 0.717) is 17.9 Å². The molecule has 2 atom stereocenters. The van der Waals surface area contributed by atoms with Crippen LogP contribution >= 0.6 is 15.9 Å². The van der Waals surface area contributed by atoms with Gasteiger partial charge in [-0.25, -0.2) is 0 Å². The normalized spacial score (nSPS) is 28.6. The number of fused-ring (bicyclic) bond motifs is 2. The average Bonchev–Trinajstić information content (AvgIpc) is 2.56. The Morgan fingerprint density at radius 3 is 2.29 bits per heavy atom. The van der Waals surface area contributed by atoms with E-state index in [1.807, 2.05) is 0 Å². The highest BCUT2D eigenvalue weighted by Crippen LogP contribution is 2.35. The van der Waals surface area contributed by atoms with Crippen LogP contribution in [-0.2, 0) is 11.3 Å². The fraction of sp³-hybridized carbons (Fsp3) is 0.500. The molecule has 3 heteroatoms. The maximum atomic E-state index is 11.5. The topological polar surface area (TPSA) is 20.3 Å². The van der Waals surface area contributed by atoms with Crippen LogP contribution in [0.1, 0.15) is 31.2 Å². The molecule has 0 aliphatic carbocycles. The Morgan fingerprint density at radius 2 is 1.71 bits per heavy atom. The van der Waals surface area contributed by atoms with Gasteiger partial charge in [-0.05, 0) is 30.5 Å². The molecule has 3 rings (SSSR count). The lowest BCUT2D eigenvalue weighted by Crippen LogP contribution is -2.42. The first-order valence-electron chi connectivity index (χ1n) is 6.24. The van der Waals surface area contributed by atoms with Crippen LogP contribution in [0.3, 0.4) is 0 Å². The van der Waals surface area contributed by atoms with Crippen molar-refractivity contribution in [3.05, 3.63) is 34.3 Å². The van der Waals surface area contributed by atoms with Crippen molar-refractivity contribution in [1.29, 1.82) is 0 Å². The zero-order valence-electron chi connectivity index (χ0n) is 9.73. The summed E-state index contributed by atoms with van der Waals surface area (Å²) >= 11 is 3.46. The van der Waals surface area contributed by atoms with E-state index < -0.39 is 0 Å². The van der Waals surface area contributed by atoms with Crippen molar-refractivity contribution in [3.63, 3.8) is 0 Å². The zero-order valence-corrected chi connectivity index (χ0v) is 11.3. The molecule has 1 aromatic carbocycles. The maximum absolute atomic E-state index is 11.5. The Kier molecular flexibility index (Phi) is 3.05. The van der Waals surface area contributed by atoms with Crippen LogP contribution in [0.4, 0.5) is 0 Å². The van der Waals surface area contributed by atoms with Crippen molar-refractivity contribution in [1.82, 2.24) is 4.90 Å². The number of hydrogen-bond donors (Lipinski definition) is 0. The standard InChI is InChI=1S/C14H16BrNO/c15-11-3-1-10(2-4-11)9-16-12-5-6-13(16)8-14(17)7-12/h1-4,12-13H,5-9H2. The molecule has 2 unspecified atom stereocenters. The SMILES string of the molecule is O=C1CC2CCC(C1)N2Cc1ccc(Br)cc1. The van der Waals surface area contributed by atoms with Gasteiger partial charge in [0.1, 0.15) is 5.78 Å². The van der Waals surface area contributed by atoms with Crippen molar-refractivity contribution in [2.24, 2.45) is 0 Å². The molecule has 1 aromatic rings. The van der Waals surface area contributed by atoms with Crippen LogP contribution in [0.5, 0.6) is 0 Å². The lowest BCUT2D eigenvalue weighted by Gasteiger charge is -2.33. The molecule has 2 heterocycles. The van der Waals surface area contributed by atoms with Gasteiger partial charge >= 0.3 is 0 Å². The van der Waals surface area contributed by atoms with E-state index in [1.165, 1.54) is 18.4 Å². The Balaban J connectivity index is 1.74. The van der Waals surface area contributed by atoms with Crippen LogP contribution in [-0.4, -0.2) is 22.8 Å². The van der Waals surface area contributed by atoms with E-state index in [-0.39, 0.29) is 0 Å². The van der Waals surface area contributed by atoms with Gasteiger partial charge in [-0.15, -0.1) is 0 Å². The maximum Gasteiger partial charge on any atom is 0.136 e. The number of rotatable bonds is 2. The lowest BCUT2D eigenvalue weighted by atomic mass is 10.0. The second-order valence-electron chi connectivity index (χ2n) is 5.13. The van der Waals surface area contributed by atoms with Gasteiger partial charge in [-0.1, -0.05) is 28.1 Å². The van der Waals surface area contributed by atoms with E-state index in [9.17, 15) is 4.79 Å². The second kappa shape index (κ2) is 4.54. The summed E-state index contributed by atoms with van der Waals surface area (Å²) in [5.41, 5.74) is 1.35. The van der Waals surface area contributed by atoms with Gasteiger partial charge < -0.3 is 0 Å². The number of piperidine rings is 1. The van der Waals surface area contributed by atoms with E-state index in [1.54, 1.807) is 0 Å². The minimum Gasteiger partial charge on any atom is -0.300 e. The quantitative estimate of drug-likeness (QED) is 0.835. The van der Waals surface area contributed by atoms with Gasteiger partial charge in [0.2, 0.25) is 0 Å². The first-order valence-corrected chi connectivity index (χ1v) is 7.03. The summed E-state index contributed by atoms with van der Waals surface area (Å²) in [4.78, 5) is 14.1. The minimum absolute atomic E-state index is 0.463. The van der Waals surface area contributed by atoms with Crippen molar-refractivity contribution >= 4 is 21.7 Å². The number of halogens is 1. The van der Waals surface area contributed by atoms with Crippen LogP contribution in [0, 0.1) is 0 Å². The summed E-state index contributed by atoms with van der Waals surface area (Å²) < 4.78 is 1.12. The van der Waals surface area contributed by atoms with Gasteiger partial charge in [-0.2, -0.15) is 0 Å². The van der Waals surface area contributed by atoms with Gasteiger partial charge in [-0.3, -0.25) is 9.69 Å². The molecule has 0 aromatic heterocycles. The number of ketones is 1. The first kappa shape index (κ1) is 11.4. The monoisotopic (exact) mass is 293 g/mol. The van der Waals surface area contributed by atoms with Crippen molar-refractivity contribution in [2.45, 2.75) is 44.3 Å². The fourth-order valence-electron chi connectivity index (χ4n) is 3.12. The summed E-state index contributed by atoms with van der Waals surface area (Å²) in [6.45, 7) is 0.996. The van der Waals surface area contributed by atoms with Gasteiger partial charge in [0.05, 0.1) is 0 Å². The molecule has 2 bridgehead atoms. The minimum atomic E-state index is 0.463. The van der Waals surface area contributed by atoms with Crippen LogP contribution in [0.2, 0.25) is 0 Å². The van der Waals surface area contributed by atoms with Crippen molar-refractivity contribution in [2.75, 3.05) is 0 Å². The van der Waals surface area contributed by atoms with E-state index in [4.69, 9.17) is 0 Å². The molecule has 2 aliphatic heterocycles. The van der Waals surface area contributed by atoms with Crippen LogP contribution < -0.4 is 0 Å². The van der Waals surface area contributed by atoms with E-state index in [0.717, 1.165) is 23.9 Å². The third kappa shape index (κ3) is 2.31. The molecule has 2 aliphatic rings. The van der Waals surface area contributed by atoms with E-state index in [2.05, 4.69) is 45.1 Å². The Bertz CT molecular complexity index is 412. The van der Waals surface area contributed by atoms with Gasteiger partial charge in [0.25, 0.3) is 0 Å². The van der Waals surface area contributed by atoms with Gasteiger partial charge in [0.15, 0.2) is 0 Å². The molecule has 0 spiro atoms. The summed E-state index contributed by atoms with van der Waals surface area (Å²) in [6.07, 6.45) is 3.94. The predicted molar refractivity (Wildman–Crippen MR) is 70.7 cm³/mol. The van der Waals surface area contributed by atoms with Crippen LogP contribution in [0.15, 0.2) is 28.7 Å². The summed E-state index contributed by atoms with van der Waals surface area (Å²) in [5, 5.41) is 0. The second-order valence-corrected chi connectivity index (χ2v) is 6.05. The fourth-order valence-corrected chi connectivity index (χ4v) is 3.39. The average molecular weight is 294 g/mol. The smallest absolute Gasteiger partial charge is 0.136 e. The molecule has 90 valence electrons. The van der Waals surface area contributed by atoms with Gasteiger partial charge in [0, 0.05) is 35.9 Å². The molecule has 2 nitrogen and oxygen atoms in total.